The fourth-order valence-electron chi connectivity index (χ4n) is 1.66. The van der Waals surface area contributed by atoms with Crippen LogP contribution in [0.3, 0.4) is 0 Å². The third-order valence-electron chi connectivity index (χ3n) is 2.51. The number of hydrogen-bond acceptors (Lipinski definition) is 9. The molecule has 0 radical (unpaired) electrons. The first-order valence-corrected chi connectivity index (χ1v) is 7.14. The Morgan fingerprint density at radius 3 is 1.60 bits per heavy atom. The zero-order valence-electron chi connectivity index (χ0n) is 10.3. The maximum Gasteiger partial charge on any atom is 0.342 e. The minimum absolute atomic E-state index is 0.227. The quantitative estimate of drug-likeness (QED) is 0.496. The smallest absolute Gasteiger partial charge is 0.342 e. The van der Waals surface area contributed by atoms with Crippen LogP contribution >= 0.6 is 34.9 Å². The Morgan fingerprint density at radius 2 is 1.30 bits per heavy atom. The van der Waals surface area contributed by atoms with E-state index in [1.165, 1.54) is 0 Å². The predicted octanol–water partition coefficient (Wildman–Crippen LogP) is 2.68. The van der Waals surface area contributed by atoms with Gasteiger partial charge in [0.2, 0.25) is 0 Å². The Kier molecular flexibility index (Phi) is 3.93. The molecule has 2 N–H and O–H groups in total. The predicted molar refractivity (Wildman–Crippen MR) is 76.5 cm³/mol. The van der Waals surface area contributed by atoms with E-state index < -0.39 is 34.6 Å². The van der Waals surface area contributed by atoms with Gasteiger partial charge in [-0.05, 0) is 0 Å². The lowest BCUT2D eigenvalue weighted by Crippen LogP contribution is -2.12. The summed E-state index contributed by atoms with van der Waals surface area (Å²) in [4.78, 5) is 23.5. The molecule has 0 aliphatic rings. The van der Waals surface area contributed by atoms with Crippen LogP contribution in [0.5, 0.6) is 11.5 Å². The van der Waals surface area contributed by atoms with Crippen LogP contribution in [0, 0.1) is 3.14 Å². The molecule has 0 atom stereocenters. The van der Waals surface area contributed by atoms with Gasteiger partial charge in [-0.15, -0.1) is 22.7 Å². The second kappa shape index (κ2) is 5.35. The van der Waals surface area contributed by atoms with Gasteiger partial charge in [0.15, 0.2) is 0 Å². The summed E-state index contributed by atoms with van der Waals surface area (Å²) in [7, 11) is 2.19. The van der Waals surface area contributed by atoms with Crippen molar-refractivity contribution in [2.45, 2.75) is 0 Å². The summed E-state index contributed by atoms with van der Waals surface area (Å²) in [6, 6.07) is 0. The molecule has 1 heterocycles. The maximum absolute atomic E-state index is 11.8. The molecule has 2 rings (SSSR count). The summed E-state index contributed by atoms with van der Waals surface area (Å²) >= 11 is 7.04. The zero-order valence-corrected chi connectivity index (χ0v) is 12.7. The number of fused-ring (bicyclic) bond motifs is 1. The van der Waals surface area contributed by atoms with E-state index in [9.17, 15) is 19.8 Å². The highest BCUT2D eigenvalue weighted by Crippen LogP contribution is 2.45. The van der Waals surface area contributed by atoms with E-state index in [1.54, 1.807) is 0 Å². The molecule has 0 aliphatic carbocycles. The van der Waals surface area contributed by atoms with E-state index in [4.69, 9.17) is 12.2 Å². The van der Waals surface area contributed by atoms with Gasteiger partial charge in [-0.25, -0.2) is 9.59 Å². The summed E-state index contributed by atoms with van der Waals surface area (Å²) in [6.45, 7) is 0. The van der Waals surface area contributed by atoms with E-state index in [2.05, 4.69) is 9.47 Å². The minimum atomic E-state index is -0.954. The average Bonchev–Trinajstić information content (AvgIpc) is 2.83. The molecule has 6 nitrogen and oxygen atoms in total. The van der Waals surface area contributed by atoms with Crippen LogP contribution in [0.4, 0.5) is 0 Å². The van der Waals surface area contributed by atoms with Gasteiger partial charge in [-0.3, -0.25) is 0 Å². The second-order valence-electron chi connectivity index (χ2n) is 3.54. The van der Waals surface area contributed by atoms with Gasteiger partial charge in [-0.2, -0.15) is 0 Å². The van der Waals surface area contributed by atoms with E-state index in [1.807, 2.05) is 0 Å². The van der Waals surface area contributed by atoms with Crippen LogP contribution in [-0.2, 0) is 9.47 Å². The summed E-state index contributed by atoms with van der Waals surface area (Å²) in [5.41, 5.74) is -0.873. The van der Waals surface area contributed by atoms with Crippen molar-refractivity contribution in [3.63, 3.8) is 0 Å². The van der Waals surface area contributed by atoms with Crippen LogP contribution in [0.1, 0.15) is 20.7 Å². The normalized spacial score (nSPS) is 10.5. The number of esters is 2. The van der Waals surface area contributed by atoms with Crippen molar-refractivity contribution in [2.75, 3.05) is 14.2 Å². The van der Waals surface area contributed by atoms with Crippen molar-refractivity contribution in [2.24, 2.45) is 0 Å². The molecule has 0 saturated heterocycles. The number of carbonyl (C=O) groups is 2. The molecule has 0 fully saturated rings. The second-order valence-corrected chi connectivity index (χ2v) is 6.77. The number of hydrogen-bond donors (Lipinski definition) is 2. The molecule has 0 bridgehead atoms. The highest BCUT2D eigenvalue weighted by atomic mass is 32.2. The highest BCUT2D eigenvalue weighted by molar-refractivity contribution is 7.77. The van der Waals surface area contributed by atoms with Gasteiger partial charge in [0.25, 0.3) is 0 Å². The molecular formula is C11H8O6S3. The van der Waals surface area contributed by atoms with Crippen LogP contribution in [-0.4, -0.2) is 36.4 Å². The van der Waals surface area contributed by atoms with Crippen molar-refractivity contribution < 1.29 is 29.3 Å². The average molecular weight is 332 g/mol. The van der Waals surface area contributed by atoms with Crippen molar-refractivity contribution in [3.05, 3.63) is 14.3 Å². The number of carbonyl (C=O) groups excluding carboxylic acids is 2. The third-order valence-corrected chi connectivity index (χ3v) is 5.18. The molecule has 0 spiro atoms. The largest absolute Gasteiger partial charge is 0.505 e. The lowest BCUT2D eigenvalue weighted by Gasteiger charge is -2.11. The first kappa shape index (κ1) is 14.7. The van der Waals surface area contributed by atoms with Gasteiger partial charge in [0.05, 0.1) is 23.6 Å². The van der Waals surface area contributed by atoms with Crippen LogP contribution in [0.15, 0.2) is 0 Å². The minimum Gasteiger partial charge on any atom is -0.505 e. The van der Waals surface area contributed by atoms with Crippen molar-refractivity contribution in [1.29, 1.82) is 0 Å². The maximum atomic E-state index is 11.8. The summed E-state index contributed by atoms with van der Waals surface area (Å²) in [6.07, 6.45) is 0. The van der Waals surface area contributed by atoms with Gasteiger partial charge in [0, 0.05) is 0 Å². The Bertz CT molecular complexity index is 711. The Balaban J connectivity index is 2.99. The van der Waals surface area contributed by atoms with E-state index in [-0.39, 0.29) is 9.40 Å². The van der Waals surface area contributed by atoms with E-state index in [0.717, 1.165) is 36.9 Å². The Labute approximate surface area is 125 Å². The standard InChI is InChI=1S/C11H8O6S3/c1-16-9(14)3-4(10(15)17-2)6(13)8-7(5(3)12)19-11(18)20-8/h12-13H,1-2H3. The number of ether oxygens (including phenoxy) is 2. The molecular weight excluding hydrogens is 324 g/mol. The molecule has 9 heteroatoms. The summed E-state index contributed by atoms with van der Waals surface area (Å²) in [5, 5.41) is 20.3. The summed E-state index contributed by atoms with van der Waals surface area (Å²) in [5.74, 6) is -2.82. The van der Waals surface area contributed by atoms with Crippen molar-refractivity contribution in [1.82, 2.24) is 0 Å². The molecule has 1 aromatic carbocycles. The van der Waals surface area contributed by atoms with Gasteiger partial charge in [-0.1, -0.05) is 12.2 Å². The van der Waals surface area contributed by atoms with E-state index >= 15 is 0 Å². The topological polar surface area (TPSA) is 93.1 Å². The van der Waals surface area contributed by atoms with Gasteiger partial charge >= 0.3 is 11.9 Å². The summed E-state index contributed by atoms with van der Waals surface area (Å²) < 4.78 is 9.94. The van der Waals surface area contributed by atoms with Gasteiger partial charge in [0.1, 0.15) is 25.8 Å². The van der Waals surface area contributed by atoms with Crippen LogP contribution in [0.2, 0.25) is 0 Å². The molecule has 106 valence electrons. The molecule has 2 aromatic rings. The van der Waals surface area contributed by atoms with E-state index in [0.29, 0.717) is 3.14 Å². The first-order valence-electron chi connectivity index (χ1n) is 5.10. The van der Waals surface area contributed by atoms with Crippen molar-refractivity contribution in [3.8, 4) is 11.5 Å². The molecule has 0 saturated carbocycles. The number of benzene rings is 1. The molecule has 0 unspecified atom stereocenters. The van der Waals surface area contributed by atoms with Crippen LogP contribution in [0.25, 0.3) is 9.40 Å². The van der Waals surface area contributed by atoms with Crippen LogP contribution < -0.4 is 0 Å². The lowest BCUT2D eigenvalue weighted by atomic mass is 10.0. The van der Waals surface area contributed by atoms with Crippen molar-refractivity contribution >= 4 is 56.2 Å². The number of aromatic hydroxyl groups is 2. The molecule has 1 aromatic heterocycles. The Morgan fingerprint density at radius 1 is 0.950 bits per heavy atom. The Hall–Kier alpha value is -1.71. The fraction of sp³-hybridized carbons (Fsp3) is 0.182. The fourth-order valence-corrected chi connectivity index (χ4v) is 4.18. The first-order chi connectivity index (χ1) is 9.42. The monoisotopic (exact) mass is 332 g/mol. The molecule has 0 amide bonds. The highest BCUT2D eigenvalue weighted by Gasteiger charge is 2.30. The number of rotatable bonds is 2. The number of phenols is 2. The van der Waals surface area contributed by atoms with Gasteiger partial charge < -0.3 is 19.7 Å². The number of phenolic OH excluding ortho intramolecular Hbond substituents is 2. The molecule has 0 aliphatic heterocycles. The third kappa shape index (κ3) is 2.13. The SMILES string of the molecule is COC(=O)c1c(C(=O)OC)c(O)c2sc(=S)sc2c1O. The zero-order chi connectivity index (χ0) is 15.0. The number of methoxy groups -OCH3 is 2. The lowest BCUT2D eigenvalue weighted by molar-refractivity contribution is 0.0550. The molecule has 20 heavy (non-hydrogen) atoms.